The molecule has 4 atom stereocenters. The van der Waals surface area contributed by atoms with Crippen LogP contribution in [0.5, 0.6) is 0 Å². The highest BCUT2D eigenvalue weighted by atomic mass is 14.8. The third-order valence-corrected chi connectivity index (χ3v) is 6.92. The molecule has 3 aliphatic carbocycles. The minimum absolute atomic E-state index is 0.613. The molecule has 0 aromatic heterocycles. The molecule has 0 nitrogen and oxygen atoms in total. The van der Waals surface area contributed by atoms with Crippen LogP contribution in [0, 0.1) is 34.0 Å². The van der Waals surface area contributed by atoms with Gasteiger partial charge >= 0.3 is 0 Å². The highest BCUT2D eigenvalue weighted by Crippen LogP contribution is 2.80. The zero-order valence-corrected chi connectivity index (χ0v) is 11.8. The largest absolute Gasteiger partial charge is 0.0622 e. The Morgan fingerprint density at radius 1 is 0.938 bits per heavy atom. The van der Waals surface area contributed by atoms with Crippen LogP contribution in [0.25, 0.3) is 0 Å². The normalized spacial score (nSPS) is 53.6. The standard InChI is InChI=1S/C16H28/c1-11(2)16-9-12-14(3,4)7-6-8-15(12,5)13(16)10-16/h11-13H,6-10H2,1-5H3/t12-,13-,15+,16-/m1/s1. The molecule has 16 heavy (non-hydrogen) atoms. The second-order valence-corrected chi connectivity index (χ2v) is 8.25. The Kier molecular flexibility index (Phi) is 1.99. The Hall–Kier alpha value is 0. The van der Waals surface area contributed by atoms with E-state index in [2.05, 4.69) is 34.6 Å². The molecule has 3 rings (SSSR count). The SMILES string of the molecule is CC(C)[C@]12C[C@@H]3C(C)(C)CCC[C@]3(C)[C@H]1C2. The smallest absolute Gasteiger partial charge is 0.0235 e. The summed E-state index contributed by atoms with van der Waals surface area (Å²) in [7, 11) is 0. The van der Waals surface area contributed by atoms with Gasteiger partial charge in [-0.15, -0.1) is 0 Å². The summed E-state index contributed by atoms with van der Waals surface area (Å²) < 4.78 is 0. The maximum Gasteiger partial charge on any atom is -0.0235 e. The first kappa shape index (κ1) is 11.1. The van der Waals surface area contributed by atoms with Crippen LogP contribution in [-0.2, 0) is 0 Å². The van der Waals surface area contributed by atoms with E-state index in [0.717, 1.165) is 23.2 Å². The molecule has 0 aromatic carbocycles. The van der Waals surface area contributed by atoms with Crippen molar-refractivity contribution in [2.75, 3.05) is 0 Å². The van der Waals surface area contributed by atoms with E-state index < -0.39 is 0 Å². The summed E-state index contributed by atoms with van der Waals surface area (Å²) in [6, 6.07) is 0. The summed E-state index contributed by atoms with van der Waals surface area (Å²) in [5, 5.41) is 0. The van der Waals surface area contributed by atoms with Crippen LogP contribution in [0.3, 0.4) is 0 Å². The minimum atomic E-state index is 0.613. The lowest BCUT2D eigenvalue weighted by Gasteiger charge is -2.49. The average Bonchev–Trinajstić information content (AvgIpc) is 2.83. The lowest BCUT2D eigenvalue weighted by molar-refractivity contribution is 0.00588. The molecule has 0 bridgehead atoms. The Bertz CT molecular complexity index is 314. The van der Waals surface area contributed by atoms with E-state index in [-0.39, 0.29) is 0 Å². The van der Waals surface area contributed by atoms with E-state index >= 15 is 0 Å². The monoisotopic (exact) mass is 220 g/mol. The first-order valence-corrected chi connectivity index (χ1v) is 7.33. The van der Waals surface area contributed by atoms with Gasteiger partial charge in [0.2, 0.25) is 0 Å². The summed E-state index contributed by atoms with van der Waals surface area (Å²) in [6.45, 7) is 12.6. The van der Waals surface area contributed by atoms with Crippen molar-refractivity contribution in [2.45, 2.75) is 66.7 Å². The molecule has 92 valence electrons. The molecule has 0 amide bonds. The van der Waals surface area contributed by atoms with Crippen LogP contribution < -0.4 is 0 Å². The van der Waals surface area contributed by atoms with Crippen molar-refractivity contribution in [1.82, 2.24) is 0 Å². The minimum Gasteiger partial charge on any atom is -0.0622 e. The van der Waals surface area contributed by atoms with Crippen LogP contribution in [0.1, 0.15) is 66.7 Å². The number of rotatable bonds is 1. The Balaban J connectivity index is 1.95. The fourth-order valence-electron chi connectivity index (χ4n) is 5.78. The van der Waals surface area contributed by atoms with E-state index in [1.807, 2.05) is 0 Å². The highest BCUT2D eigenvalue weighted by molar-refractivity contribution is 5.21. The van der Waals surface area contributed by atoms with Gasteiger partial charge in [-0.05, 0) is 59.7 Å². The van der Waals surface area contributed by atoms with E-state index in [1.54, 1.807) is 12.8 Å². The molecule has 0 heterocycles. The third-order valence-electron chi connectivity index (χ3n) is 6.92. The predicted octanol–water partition coefficient (Wildman–Crippen LogP) is 4.89. The summed E-state index contributed by atoms with van der Waals surface area (Å²) in [5.74, 6) is 3.00. The maximum absolute atomic E-state index is 2.63. The molecule has 0 unspecified atom stereocenters. The molecule has 0 spiro atoms. The first-order chi connectivity index (χ1) is 7.33. The topological polar surface area (TPSA) is 0 Å². The number of fused-ring (bicyclic) bond motifs is 3. The van der Waals surface area contributed by atoms with Crippen LogP contribution in [0.2, 0.25) is 0 Å². The summed E-state index contributed by atoms with van der Waals surface area (Å²) >= 11 is 0. The molecule has 0 N–H and O–H groups in total. The van der Waals surface area contributed by atoms with Gasteiger partial charge in [-0.1, -0.05) is 41.0 Å². The predicted molar refractivity (Wildman–Crippen MR) is 69.2 cm³/mol. The van der Waals surface area contributed by atoms with Gasteiger partial charge in [0.15, 0.2) is 0 Å². The van der Waals surface area contributed by atoms with Crippen molar-refractivity contribution >= 4 is 0 Å². The molecule has 0 heteroatoms. The van der Waals surface area contributed by atoms with Gasteiger partial charge in [-0.2, -0.15) is 0 Å². The van der Waals surface area contributed by atoms with Crippen LogP contribution in [0.4, 0.5) is 0 Å². The highest BCUT2D eigenvalue weighted by Gasteiger charge is 2.72. The summed E-state index contributed by atoms with van der Waals surface area (Å²) in [5.41, 5.74) is 2.08. The first-order valence-electron chi connectivity index (χ1n) is 7.33. The molecule has 3 aliphatic rings. The quantitative estimate of drug-likeness (QED) is 0.590. The van der Waals surface area contributed by atoms with Gasteiger partial charge in [0, 0.05) is 0 Å². The van der Waals surface area contributed by atoms with Gasteiger partial charge in [-0.3, -0.25) is 0 Å². The Morgan fingerprint density at radius 2 is 1.56 bits per heavy atom. The summed E-state index contributed by atoms with van der Waals surface area (Å²) in [4.78, 5) is 0. The van der Waals surface area contributed by atoms with Crippen LogP contribution in [-0.4, -0.2) is 0 Å². The van der Waals surface area contributed by atoms with Crippen molar-refractivity contribution in [3.63, 3.8) is 0 Å². The van der Waals surface area contributed by atoms with Gasteiger partial charge in [0.25, 0.3) is 0 Å². The van der Waals surface area contributed by atoms with E-state index in [4.69, 9.17) is 0 Å². The molecule has 3 fully saturated rings. The maximum atomic E-state index is 2.63. The molecule has 0 radical (unpaired) electrons. The third kappa shape index (κ3) is 1.12. The van der Waals surface area contributed by atoms with Crippen LogP contribution in [0.15, 0.2) is 0 Å². The van der Waals surface area contributed by atoms with Gasteiger partial charge in [-0.25, -0.2) is 0 Å². The van der Waals surface area contributed by atoms with Gasteiger partial charge < -0.3 is 0 Å². The van der Waals surface area contributed by atoms with Gasteiger partial charge in [0.05, 0.1) is 0 Å². The lowest BCUT2D eigenvalue weighted by Crippen LogP contribution is -2.40. The number of hydrogen-bond acceptors (Lipinski definition) is 0. The molecular weight excluding hydrogens is 192 g/mol. The second-order valence-electron chi connectivity index (χ2n) is 8.25. The van der Waals surface area contributed by atoms with E-state index in [1.165, 1.54) is 19.3 Å². The van der Waals surface area contributed by atoms with E-state index in [9.17, 15) is 0 Å². The molecule has 0 aliphatic heterocycles. The molecule has 0 saturated heterocycles. The molecular formula is C16H28. The van der Waals surface area contributed by atoms with Crippen molar-refractivity contribution in [2.24, 2.45) is 34.0 Å². The fourth-order valence-corrected chi connectivity index (χ4v) is 5.78. The summed E-state index contributed by atoms with van der Waals surface area (Å²) in [6.07, 6.45) is 7.55. The zero-order chi connectivity index (χ0) is 11.8. The van der Waals surface area contributed by atoms with Crippen molar-refractivity contribution in [3.8, 4) is 0 Å². The Morgan fingerprint density at radius 3 is 2.12 bits per heavy atom. The lowest BCUT2D eigenvalue weighted by atomic mass is 9.56. The number of hydrogen-bond donors (Lipinski definition) is 0. The van der Waals surface area contributed by atoms with Crippen molar-refractivity contribution < 1.29 is 0 Å². The fraction of sp³-hybridized carbons (Fsp3) is 1.00. The van der Waals surface area contributed by atoms with E-state index in [0.29, 0.717) is 10.8 Å². The van der Waals surface area contributed by atoms with Gasteiger partial charge in [0.1, 0.15) is 0 Å². The second kappa shape index (κ2) is 2.87. The average molecular weight is 220 g/mol. The molecule has 0 aromatic rings. The zero-order valence-electron chi connectivity index (χ0n) is 11.8. The molecule has 3 saturated carbocycles. The van der Waals surface area contributed by atoms with Crippen LogP contribution >= 0.6 is 0 Å². The van der Waals surface area contributed by atoms with Crippen molar-refractivity contribution in [3.05, 3.63) is 0 Å². The van der Waals surface area contributed by atoms with Crippen molar-refractivity contribution in [1.29, 1.82) is 0 Å². The Labute approximate surface area is 101 Å².